The van der Waals surface area contributed by atoms with E-state index in [-0.39, 0.29) is 11.2 Å². The number of rotatable bonds is 6. The van der Waals surface area contributed by atoms with Gasteiger partial charge in [-0.05, 0) is 44.5 Å². The summed E-state index contributed by atoms with van der Waals surface area (Å²) < 4.78 is 7.25. The molecule has 1 aromatic heterocycles. The quantitative estimate of drug-likeness (QED) is 0.633. The Labute approximate surface area is 163 Å². The van der Waals surface area contributed by atoms with Crippen LogP contribution in [-0.4, -0.2) is 27.8 Å². The topological polar surface area (TPSA) is 56.2 Å². The van der Waals surface area contributed by atoms with Crippen molar-refractivity contribution in [2.24, 2.45) is 0 Å². The summed E-state index contributed by atoms with van der Waals surface area (Å²) in [5, 5.41) is 3.47. The molecule has 0 radical (unpaired) electrons. The Hall–Kier alpha value is -2.73. The van der Waals surface area contributed by atoms with Crippen LogP contribution in [0.5, 0.6) is 5.75 Å². The van der Waals surface area contributed by atoms with Gasteiger partial charge in [-0.2, -0.15) is 0 Å². The molecule has 1 heterocycles. The first-order chi connectivity index (χ1) is 13.0. The van der Waals surface area contributed by atoms with Gasteiger partial charge in [-0.1, -0.05) is 35.5 Å². The maximum Gasteiger partial charge on any atom is 0.237 e. The van der Waals surface area contributed by atoms with Crippen molar-refractivity contribution in [1.29, 1.82) is 0 Å². The summed E-state index contributed by atoms with van der Waals surface area (Å²) in [6.45, 7) is 5.92. The lowest BCUT2D eigenvalue weighted by atomic mass is 10.1. The minimum atomic E-state index is -0.294. The highest BCUT2D eigenvalue weighted by molar-refractivity contribution is 8.00. The Kier molecular flexibility index (Phi) is 5.86. The zero-order valence-corrected chi connectivity index (χ0v) is 16.7. The molecule has 1 atom stereocenters. The van der Waals surface area contributed by atoms with Crippen LogP contribution in [-0.2, 0) is 4.79 Å². The van der Waals surface area contributed by atoms with E-state index in [0.29, 0.717) is 0 Å². The fourth-order valence-electron chi connectivity index (χ4n) is 2.73. The van der Waals surface area contributed by atoms with Crippen LogP contribution in [0.3, 0.4) is 0 Å². The Bertz CT molecular complexity index is 952. The first kappa shape index (κ1) is 19.0. The van der Waals surface area contributed by atoms with Gasteiger partial charge in [0.05, 0.1) is 18.0 Å². The van der Waals surface area contributed by atoms with Crippen molar-refractivity contribution >= 4 is 23.4 Å². The van der Waals surface area contributed by atoms with Crippen LogP contribution in [0, 0.1) is 13.8 Å². The van der Waals surface area contributed by atoms with E-state index in [1.54, 1.807) is 13.3 Å². The molecule has 27 heavy (non-hydrogen) atoms. The minimum absolute atomic E-state index is 0.0489. The third-order valence-electron chi connectivity index (χ3n) is 4.23. The van der Waals surface area contributed by atoms with Crippen LogP contribution >= 0.6 is 11.8 Å². The number of hydrogen-bond donors (Lipinski definition) is 1. The highest BCUT2D eigenvalue weighted by Crippen LogP contribution is 2.27. The number of nitrogens with zero attached hydrogens (tertiary/aromatic N) is 2. The summed E-state index contributed by atoms with van der Waals surface area (Å²) in [5.74, 6) is 0.727. The minimum Gasteiger partial charge on any atom is -0.497 e. The number of amides is 1. The normalized spacial score (nSPS) is 11.9. The van der Waals surface area contributed by atoms with Gasteiger partial charge in [0, 0.05) is 24.1 Å². The number of carbonyl (C=O) groups is 1. The lowest BCUT2D eigenvalue weighted by molar-refractivity contribution is -0.115. The van der Waals surface area contributed by atoms with E-state index in [1.807, 2.05) is 67.9 Å². The molecule has 0 aliphatic heterocycles. The van der Waals surface area contributed by atoms with Gasteiger partial charge in [0.15, 0.2) is 5.16 Å². The number of anilines is 1. The molecule has 0 saturated carbocycles. The largest absolute Gasteiger partial charge is 0.497 e. The van der Waals surface area contributed by atoms with Crippen molar-refractivity contribution in [3.05, 3.63) is 66.0 Å². The van der Waals surface area contributed by atoms with Crippen LogP contribution in [0.4, 0.5) is 5.69 Å². The summed E-state index contributed by atoms with van der Waals surface area (Å²) in [4.78, 5) is 17.0. The van der Waals surface area contributed by atoms with Crippen molar-refractivity contribution in [3.63, 3.8) is 0 Å². The molecule has 1 N–H and O–H groups in total. The number of hydrogen-bond acceptors (Lipinski definition) is 4. The van der Waals surface area contributed by atoms with Crippen LogP contribution < -0.4 is 10.1 Å². The van der Waals surface area contributed by atoms with Gasteiger partial charge < -0.3 is 10.1 Å². The van der Waals surface area contributed by atoms with E-state index in [0.717, 1.165) is 27.8 Å². The Morgan fingerprint density at radius 1 is 1.22 bits per heavy atom. The number of nitrogens with one attached hydrogen (secondary N) is 1. The molecule has 0 bridgehead atoms. The number of aromatic nitrogens is 2. The second-order valence-electron chi connectivity index (χ2n) is 6.35. The molecular weight excluding hydrogens is 358 g/mol. The monoisotopic (exact) mass is 381 g/mol. The van der Waals surface area contributed by atoms with E-state index >= 15 is 0 Å². The standard InChI is InChI=1S/C21H23N3O2S/c1-14-8-9-19(15(2)12-14)23-20(25)16(3)27-21-22-10-11-24(21)17-6-5-7-18(13-17)26-4/h5-13,16H,1-4H3,(H,23,25). The second-order valence-corrected chi connectivity index (χ2v) is 7.66. The van der Waals surface area contributed by atoms with Crippen LogP contribution in [0.25, 0.3) is 5.69 Å². The van der Waals surface area contributed by atoms with Crippen LogP contribution in [0.15, 0.2) is 60.0 Å². The maximum absolute atomic E-state index is 12.6. The molecule has 0 aliphatic carbocycles. The first-order valence-corrected chi connectivity index (χ1v) is 9.58. The molecule has 6 heteroatoms. The summed E-state index contributed by atoms with van der Waals surface area (Å²) >= 11 is 1.42. The number of methoxy groups -OCH3 is 1. The zero-order valence-electron chi connectivity index (χ0n) is 15.9. The Balaban J connectivity index is 1.73. The summed E-state index contributed by atoms with van der Waals surface area (Å²) in [7, 11) is 1.64. The molecular formula is C21H23N3O2S. The summed E-state index contributed by atoms with van der Waals surface area (Å²) in [6, 6.07) is 13.7. The van der Waals surface area contributed by atoms with Crippen molar-refractivity contribution < 1.29 is 9.53 Å². The molecule has 3 rings (SSSR count). The first-order valence-electron chi connectivity index (χ1n) is 8.70. The number of carbonyl (C=O) groups excluding carboxylic acids is 1. The lowest BCUT2D eigenvalue weighted by Gasteiger charge is -2.15. The number of benzene rings is 2. The molecule has 1 amide bonds. The number of thioether (sulfide) groups is 1. The van der Waals surface area contributed by atoms with Crippen LogP contribution in [0.2, 0.25) is 0 Å². The predicted octanol–water partition coefficient (Wildman–Crippen LogP) is 4.62. The zero-order chi connectivity index (χ0) is 19.4. The van der Waals surface area contributed by atoms with E-state index in [9.17, 15) is 4.79 Å². The average molecular weight is 382 g/mol. The third-order valence-corrected chi connectivity index (χ3v) is 5.31. The number of aryl methyl sites for hydroxylation is 2. The van der Waals surface area contributed by atoms with E-state index in [1.165, 1.54) is 17.3 Å². The highest BCUT2D eigenvalue weighted by atomic mass is 32.2. The van der Waals surface area contributed by atoms with Crippen molar-refractivity contribution in [2.75, 3.05) is 12.4 Å². The smallest absolute Gasteiger partial charge is 0.237 e. The molecule has 0 fully saturated rings. The lowest BCUT2D eigenvalue weighted by Crippen LogP contribution is -2.23. The maximum atomic E-state index is 12.6. The summed E-state index contributed by atoms with van der Waals surface area (Å²) in [6.07, 6.45) is 3.61. The molecule has 0 saturated heterocycles. The molecule has 2 aromatic carbocycles. The van der Waals surface area contributed by atoms with Gasteiger partial charge in [0.1, 0.15) is 5.75 Å². The van der Waals surface area contributed by atoms with Gasteiger partial charge in [-0.3, -0.25) is 9.36 Å². The average Bonchev–Trinajstić information content (AvgIpc) is 3.12. The summed E-state index contributed by atoms with van der Waals surface area (Å²) in [5.41, 5.74) is 4.01. The SMILES string of the molecule is COc1cccc(-n2ccnc2SC(C)C(=O)Nc2ccc(C)cc2C)c1. The number of ether oxygens (including phenoxy) is 1. The fourth-order valence-corrected chi connectivity index (χ4v) is 3.62. The van der Waals surface area contributed by atoms with Crippen molar-refractivity contribution in [3.8, 4) is 11.4 Å². The molecule has 1 unspecified atom stereocenters. The molecule has 0 aliphatic rings. The van der Waals surface area contributed by atoms with Gasteiger partial charge in [0.25, 0.3) is 0 Å². The fraction of sp³-hybridized carbons (Fsp3) is 0.238. The highest BCUT2D eigenvalue weighted by Gasteiger charge is 2.18. The number of imidazole rings is 1. The molecule has 0 spiro atoms. The molecule has 3 aromatic rings. The second kappa shape index (κ2) is 8.31. The van der Waals surface area contributed by atoms with Gasteiger partial charge in [-0.15, -0.1) is 0 Å². The van der Waals surface area contributed by atoms with Crippen molar-refractivity contribution in [1.82, 2.24) is 9.55 Å². The van der Waals surface area contributed by atoms with Gasteiger partial charge in [-0.25, -0.2) is 4.98 Å². The molecule has 5 nitrogen and oxygen atoms in total. The van der Waals surface area contributed by atoms with Gasteiger partial charge in [0.2, 0.25) is 5.91 Å². The van der Waals surface area contributed by atoms with E-state index in [4.69, 9.17) is 4.74 Å². The van der Waals surface area contributed by atoms with Crippen molar-refractivity contribution in [2.45, 2.75) is 31.2 Å². The Morgan fingerprint density at radius 3 is 2.78 bits per heavy atom. The van der Waals surface area contributed by atoms with Crippen LogP contribution in [0.1, 0.15) is 18.1 Å². The van der Waals surface area contributed by atoms with Gasteiger partial charge >= 0.3 is 0 Å². The van der Waals surface area contributed by atoms with E-state index in [2.05, 4.69) is 16.4 Å². The van der Waals surface area contributed by atoms with E-state index < -0.39 is 0 Å². The molecule has 140 valence electrons. The predicted molar refractivity (Wildman–Crippen MR) is 110 cm³/mol. The Morgan fingerprint density at radius 2 is 2.04 bits per heavy atom. The third kappa shape index (κ3) is 4.52.